The lowest BCUT2D eigenvalue weighted by Crippen LogP contribution is -2.41. The van der Waals surface area contributed by atoms with E-state index in [-0.39, 0.29) is 29.5 Å². The normalized spacial score (nSPS) is 13.4. The SMILES string of the molecule is CCN(C)/C=c1/cc(Nc2nc(N[C@H](C)[C@@H](N)COC)nnc2C(N)=O)cc(C)c1=C(C)C. The topological polar surface area (TPSA) is 144 Å². The second kappa shape index (κ2) is 11.6. The summed E-state index contributed by atoms with van der Waals surface area (Å²) in [6.45, 7) is 11.5. The first kappa shape index (κ1) is 26.0. The van der Waals surface area contributed by atoms with Crippen molar-refractivity contribution < 1.29 is 9.53 Å². The van der Waals surface area contributed by atoms with Crippen molar-refractivity contribution in [2.45, 2.75) is 46.7 Å². The van der Waals surface area contributed by atoms with Gasteiger partial charge < -0.3 is 31.7 Å². The summed E-state index contributed by atoms with van der Waals surface area (Å²) < 4.78 is 5.10. The Morgan fingerprint density at radius 3 is 2.58 bits per heavy atom. The summed E-state index contributed by atoms with van der Waals surface area (Å²) in [5, 5.41) is 16.5. The smallest absolute Gasteiger partial charge is 0.273 e. The Morgan fingerprint density at radius 2 is 2.00 bits per heavy atom. The summed E-state index contributed by atoms with van der Waals surface area (Å²) in [6.07, 6.45) is 2.10. The minimum absolute atomic E-state index is 0.0504. The molecule has 2 rings (SSSR count). The van der Waals surface area contributed by atoms with Crippen molar-refractivity contribution in [3.63, 3.8) is 0 Å². The number of hydrogen-bond acceptors (Lipinski definition) is 9. The Kier molecular flexibility index (Phi) is 9.12. The molecule has 1 aromatic heterocycles. The number of rotatable bonds is 10. The number of anilines is 3. The average molecular weight is 457 g/mol. The maximum atomic E-state index is 12.0. The second-order valence-corrected chi connectivity index (χ2v) is 8.33. The fourth-order valence-corrected chi connectivity index (χ4v) is 3.42. The molecule has 0 spiro atoms. The molecule has 0 unspecified atom stereocenters. The van der Waals surface area contributed by atoms with Crippen LogP contribution in [0.4, 0.5) is 17.5 Å². The van der Waals surface area contributed by atoms with Crippen LogP contribution in [0.2, 0.25) is 0 Å². The minimum atomic E-state index is -0.725. The zero-order chi connectivity index (χ0) is 24.7. The van der Waals surface area contributed by atoms with Gasteiger partial charge in [-0.05, 0) is 62.8 Å². The van der Waals surface area contributed by atoms with Crippen molar-refractivity contribution in [1.29, 1.82) is 0 Å². The van der Waals surface area contributed by atoms with E-state index in [0.717, 1.165) is 23.0 Å². The molecule has 33 heavy (non-hydrogen) atoms. The Hall–Kier alpha value is -3.24. The lowest BCUT2D eigenvalue weighted by molar-refractivity contribution is 0.0995. The van der Waals surface area contributed by atoms with E-state index in [4.69, 9.17) is 16.2 Å². The largest absolute Gasteiger partial charge is 0.383 e. The van der Waals surface area contributed by atoms with Gasteiger partial charge in [0.15, 0.2) is 11.5 Å². The van der Waals surface area contributed by atoms with E-state index in [9.17, 15) is 4.79 Å². The van der Waals surface area contributed by atoms with Gasteiger partial charge in [-0.1, -0.05) is 5.57 Å². The molecule has 0 aliphatic carbocycles. The van der Waals surface area contributed by atoms with Gasteiger partial charge in [0.2, 0.25) is 5.95 Å². The molecule has 0 aliphatic rings. The van der Waals surface area contributed by atoms with E-state index in [1.54, 1.807) is 7.11 Å². The number of aromatic nitrogens is 3. The van der Waals surface area contributed by atoms with Gasteiger partial charge in [-0.2, -0.15) is 4.98 Å². The van der Waals surface area contributed by atoms with E-state index in [0.29, 0.717) is 6.61 Å². The molecule has 0 aliphatic heterocycles. The van der Waals surface area contributed by atoms with Gasteiger partial charge in [-0.3, -0.25) is 4.79 Å². The molecule has 10 nitrogen and oxygen atoms in total. The first-order chi connectivity index (χ1) is 15.6. The third-order valence-electron chi connectivity index (χ3n) is 5.27. The van der Waals surface area contributed by atoms with Crippen molar-refractivity contribution >= 4 is 35.1 Å². The van der Waals surface area contributed by atoms with Gasteiger partial charge in [0, 0.05) is 44.7 Å². The van der Waals surface area contributed by atoms with Crippen molar-refractivity contribution in [3.05, 3.63) is 33.8 Å². The van der Waals surface area contributed by atoms with Crippen LogP contribution in [0.25, 0.3) is 11.8 Å². The van der Waals surface area contributed by atoms with Crippen LogP contribution >= 0.6 is 0 Å². The fraction of sp³-hybridized carbons (Fsp3) is 0.478. The van der Waals surface area contributed by atoms with Crippen LogP contribution < -0.4 is 32.5 Å². The third kappa shape index (κ3) is 6.87. The maximum Gasteiger partial charge on any atom is 0.273 e. The lowest BCUT2D eigenvalue weighted by atomic mass is 10.1. The van der Waals surface area contributed by atoms with Crippen molar-refractivity contribution in [1.82, 2.24) is 20.1 Å². The molecular weight excluding hydrogens is 420 g/mol. The molecule has 0 fully saturated rings. The summed E-state index contributed by atoms with van der Waals surface area (Å²) in [4.78, 5) is 18.5. The molecule has 1 heterocycles. The molecule has 2 aromatic rings. The Labute approximate surface area is 195 Å². The number of benzene rings is 1. The fourth-order valence-electron chi connectivity index (χ4n) is 3.42. The van der Waals surface area contributed by atoms with Crippen molar-refractivity contribution in [2.24, 2.45) is 11.5 Å². The van der Waals surface area contributed by atoms with Crippen LogP contribution in [-0.4, -0.2) is 65.4 Å². The van der Waals surface area contributed by atoms with Crippen LogP contribution in [0.15, 0.2) is 12.1 Å². The Bertz CT molecular complexity index is 1100. The van der Waals surface area contributed by atoms with Crippen LogP contribution in [-0.2, 0) is 4.74 Å². The lowest BCUT2D eigenvalue weighted by Gasteiger charge is -2.20. The summed E-state index contributed by atoms with van der Waals surface area (Å²) in [6, 6.07) is 3.55. The highest BCUT2D eigenvalue weighted by molar-refractivity contribution is 5.96. The van der Waals surface area contributed by atoms with E-state index >= 15 is 0 Å². The highest BCUT2D eigenvalue weighted by Gasteiger charge is 2.18. The predicted octanol–water partition coefficient (Wildman–Crippen LogP) is 0.677. The first-order valence-electron chi connectivity index (χ1n) is 10.9. The number of nitrogens with two attached hydrogens (primary N) is 2. The Balaban J connectivity index is 2.52. The molecule has 1 aromatic carbocycles. The summed E-state index contributed by atoms with van der Waals surface area (Å²) in [5.41, 5.74) is 14.6. The van der Waals surface area contributed by atoms with Gasteiger partial charge in [0.05, 0.1) is 6.61 Å². The van der Waals surface area contributed by atoms with Gasteiger partial charge in [-0.15, -0.1) is 10.2 Å². The molecule has 180 valence electrons. The van der Waals surface area contributed by atoms with Crippen molar-refractivity contribution in [2.75, 3.05) is 37.9 Å². The monoisotopic (exact) mass is 456 g/mol. The number of methoxy groups -OCH3 is 1. The van der Waals surface area contributed by atoms with Crippen LogP contribution in [0.3, 0.4) is 0 Å². The summed E-state index contributed by atoms with van der Waals surface area (Å²) in [7, 11) is 3.61. The van der Waals surface area contributed by atoms with Crippen LogP contribution in [0.1, 0.15) is 43.7 Å². The minimum Gasteiger partial charge on any atom is -0.383 e. The molecule has 0 saturated heterocycles. The number of aryl methyl sites for hydroxylation is 1. The van der Waals surface area contributed by atoms with Crippen molar-refractivity contribution in [3.8, 4) is 0 Å². The highest BCUT2D eigenvalue weighted by Crippen LogP contribution is 2.18. The highest BCUT2D eigenvalue weighted by atomic mass is 16.5. The number of carbonyl (C=O) groups is 1. The molecule has 2 atom stereocenters. The van der Waals surface area contributed by atoms with E-state index < -0.39 is 5.91 Å². The van der Waals surface area contributed by atoms with E-state index in [1.807, 2.05) is 26.1 Å². The van der Waals surface area contributed by atoms with Gasteiger partial charge >= 0.3 is 0 Å². The zero-order valence-electron chi connectivity index (χ0n) is 20.6. The van der Waals surface area contributed by atoms with Crippen LogP contribution in [0, 0.1) is 6.92 Å². The molecule has 0 bridgehead atoms. The van der Waals surface area contributed by atoms with E-state index in [2.05, 4.69) is 64.6 Å². The number of carbonyl (C=O) groups excluding carboxylic acids is 1. The average Bonchev–Trinajstić information content (AvgIpc) is 2.73. The first-order valence-corrected chi connectivity index (χ1v) is 10.9. The zero-order valence-corrected chi connectivity index (χ0v) is 20.6. The number of nitrogens with zero attached hydrogens (tertiary/aromatic N) is 4. The maximum absolute atomic E-state index is 12.0. The molecule has 6 N–H and O–H groups in total. The number of primary amides is 1. The summed E-state index contributed by atoms with van der Waals surface area (Å²) in [5.74, 6) is -0.284. The molecule has 0 radical (unpaired) electrons. The number of amides is 1. The third-order valence-corrected chi connectivity index (χ3v) is 5.27. The molecule has 10 heteroatoms. The summed E-state index contributed by atoms with van der Waals surface area (Å²) >= 11 is 0. The molecular formula is C23H36N8O2. The Morgan fingerprint density at radius 1 is 1.30 bits per heavy atom. The van der Waals surface area contributed by atoms with Gasteiger partial charge in [-0.25, -0.2) is 0 Å². The number of ether oxygens (including phenoxy) is 1. The predicted molar refractivity (Wildman–Crippen MR) is 133 cm³/mol. The standard InChI is InChI=1S/C23H36N8O2/c1-8-31(6)11-16-10-17(9-14(4)19(16)13(2)3)27-22-20(21(25)32)29-30-23(28-22)26-15(5)18(24)12-33-7/h9-11,15,18H,8,12,24H2,1-7H3,(H2,25,32)(H2,26,27,28,30)/b16-11-/t15-,18+/m1/s1. The molecule has 1 amide bonds. The van der Waals surface area contributed by atoms with Crippen LogP contribution in [0.5, 0.6) is 0 Å². The number of nitrogens with one attached hydrogen (secondary N) is 2. The quantitative estimate of drug-likeness (QED) is 0.405. The second-order valence-electron chi connectivity index (χ2n) is 8.33. The number of hydrogen-bond donors (Lipinski definition) is 4. The van der Waals surface area contributed by atoms with Gasteiger partial charge in [0.25, 0.3) is 5.91 Å². The van der Waals surface area contributed by atoms with E-state index in [1.165, 1.54) is 10.8 Å². The van der Waals surface area contributed by atoms with Gasteiger partial charge in [0.1, 0.15) is 0 Å². The molecule has 0 saturated carbocycles.